The van der Waals surface area contributed by atoms with Gasteiger partial charge in [0.15, 0.2) is 17.5 Å². The van der Waals surface area contributed by atoms with Crippen LogP contribution >= 0.6 is 11.3 Å². The zero-order valence-electron chi connectivity index (χ0n) is 15.2. The van der Waals surface area contributed by atoms with E-state index in [1.807, 2.05) is 32.9 Å². The molecule has 0 unspecified atom stereocenters. The van der Waals surface area contributed by atoms with Gasteiger partial charge in [0.2, 0.25) is 0 Å². The highest BCUT2D eigenvalue weighted by molar-refractivity contribution is 7.11. The number of phenols is 1. The van der Waals surface area contributed by atoms with Gasteiger partial charge in [-0.25, -0.2) is 9.98 Å². The van der Waals surface area contributed by atoms with Gasteiger partial charge in [-0.15, -0.1) is 11.3 Å². The van der Waals surface area contributed by atoms with Crippen molar-refractivity contribution in [3.8, 4) is 11.5 Å². The first-order valence-electron chi connectivity index (χ1n) is 8.34. The van der Waals surface area contributed by atoms with Crippen molar-refractivity contribution in [3.63, 3.8) is 0 Å². The van der Waals surface area contributed by atoms with Gasteiger partial charge in [-0.3, -0.25) is 0 Å². The summed E-state index contributed by atoms with van der Waals surface area (Å²) in [6.07, 6.45) is 0.805. The molecular formula is C18H26N4O2S. The van der Waals surface area contributed by atoms with Crippen molar-refractivity contribution in [1.29, 1.82) is 0 Å². The van der Waals surface area contributed by atoms with Crippen LogP contribution in [0.2, 0.25) is 0 Å². The number of hydrogen-bond donors (Lipinski definition) is 3. The number of benzene rings is 1. The minimum absolute atomic E-state index is 0.157. The molecule has 0 spiro atoms. The fourth-order valence-electron chi connectivity index (χ4n) is 2.42. The molecule has 0 saturated heterocycles. The molecule has 7 heteroatoms. The Kier molecular flexibility index (Phi) is 7.06. The predicted molar refractivity (Wildman–Crippen MR) is 103 cm³/mol. The molecule has 0 radical (unpaired) electrons. The molecule has 1 aromatic heterocycles. The number of rotatable bonds is 7. The lowest BCUT2D eigenvalue weighted by Crippen LogP contribution is -2.38. The van der Waals surface area contributed by atoms with Gasteiger partial charge in [0, 0.05) is 18.0 Å². The van der Waals surface area contributed by atoms with Crippen LogP contribution in [-0.4, -0.2) is 36.2 Å². The lowest BCUT2D eigenvalue weighted by atomic mass is 10.1. The van der Waals surface area contributed by atoms with Crippen molar-refractivity contribution in [2.75, 3.05) is 20.2 Å². The van der Waals surface area contributed by atoms with Crippen molar-refractivity contribution in [2.45, 2.75) is 33.7 Å². The highest BCUT2D eigenvalue weighted by Crippen LogP contribution is 2.26. The first-order chi connectivity index (χ1) is 12.0. The number of hydrogen-bond acceptors (Lipinski definition) is 5. The number of ether oxygens (including phenoxy) is 1. The molecule has 0 bridgehead atoms. The third kappa shape index (κ3) is 5.63. The van der Waals surface area contributed by atoms with E-state index in [2.05, 4.69) is 20.6 Å². The molecule has 2 rings (SSSR count). The smallest absolute Gasteiger partial charge is 0.191 e. The molecule has 0 fully saturated rings. The second kappa shape index (κ2) is 9.27. The Morgan fingerprint density at radius 1 is 1.32 bits per heavy atom. The number of aromatic nitrogens is 1. The molecular weight excluding hydrogens is 336 g/mol. The van der Waals surface area contributed by atoms with E-state index in [1.54, 1.807) is 24.5 Å². The molecule has 0 aliphatic carbocycles. The largest absolute Gasteiger partial charge is 0.504 e. The molecule has 0 saturated carbocycles. The van der Waals surface area contributed by atoms with Crippen LogP contribution in [0.3, 0.4) is 0 Å². The van der Waals surface area contributed by atoms with Crippen molar-refractivity contribution in [1.82, 2.24) is 15.6 Å². The Morgan fingerprint density at radius 3 is 2.76 bits per heavy atom. The fraction of sp³-hybridized carbons (Fsp3) is 0.444. The summed E-state index contributed by atoms with van der Waals surface area (Å²) >= 11 is 1.69. The van der Waals surface area contributed by atoms with Crippen LogP contribution in [0.1, 0.15) is 28.1 Å². The molecule has 25 heavy (non-hydrogen) atoms. The quantitative estimate of drug-likeness (QED) is 0.521. The van der Waals surface area contributed by atoms with Crippen LogP contribution in [0.15, 0.2) is 23.2 Å². The minimum atomic E-state index is 0.157. The SMILES string of the molecule is CCNC(=NCc1sc(C)nc1C)NCCc1ccc(O)c(OC)c1. The summed E-state index contributed by atoms with van der Waals surface area (Å²) in [6, 6.07) is 5.40. The Labute approximate surface area is 153 Å². The van der Waals surface area contributed by atoms with Crippen molar-refractivity contribution in [3.05, 3.63) is 39.3 Å². The molecule has 3 N–H and O–H groups in total. The Bertz CT molecular complexity index is 728. The van der Waals surface area contributed by atoms with Crippen molar-refractivity contribution < 1.29 is 9.84 Å². The Morgan fingerprint density at radius 2 is 2.12 bits per heavy atom. The summed E-state index contributed by atoms with van der Waals surface area (Å²) in [7, 11) is 1.55. The van der Waals surface area contributed by atoms with Gasteiger partial charge in [0.1, 0.15) is 0 Å². The van der Waals surface area contributed by atoms with Crippen LogP contribution in [0.25, 0.3) is 0 Å². The topological polar surface area (TPSA) is 78.8 Å². The highest BCUT2D eigenvalue weighted by Gasteiger charge is 2.06. The van der Waals surface area contributed by atoms with E-state index in [0.717, 1.165) is 41.7 Å². The zero-order valence-corrected chi connectivity index (χ0v) is 16.0. The molecule has 0 amide bonds. The standard InChI is InChI=1S/C18H26N4O2S/c1-5-19-18(21-11-17-12(2)22-13(3)25-17)20-9-8-14-6-7-15(23)16(10-14)24-4/h6-7,10,23H,5,8-9,11H2,1-4H3,(H2,19,20,21). The number of thiazole rings is 1. The van der Waals surface area contributed by atoms with Gasteiger partial charge in [0.05, 0.1) is 24.4 Å². The number of aliphatic imine (C=N–C) groups is 1. The average molecular weight is 362 g/mol. The van der Waals surface area contributed by atoms with Gasteiger partial charge >= 0.3 is 0 Å². The van der Waals surface area contributed by atoms with E-state index in [1.165, 1.54) is 4.88 Å². The van der Waals surface area contributed by atoms with Gasteiger partial charge in [-0.05, 0) is 44.9 Å². The van der Waals surface area contributed by atoms with Gasteiger partial charge in [0.25, 0.3) is 0 Å². The van der Waals surface area contributed by atoms with E-state index in [-0.39, 0.29) is 5.75 Å². The summed E-state index contributed by atoms with van der Waals surface area (Å²) in [5.74, 6) is 1.44. The summed E-state index contributed by atoms with van der Waals surface area (Å²) < 4.78 is 5.14. The molecule has 2 aromatic rings. The second-order valence-electron chi connectivity index (χ2n) is 5.62. The molecule has 6 nitrogen and oxygen atoms in total. The first kappa shape index (κ1) is 19.1. The number of aromatic hydroxyl groups is 1. The zero-order chi connectivity index (χ0) is 18.2. The number of nitrogens with zero attached hydrogens (tertiary/aromatic N) is 2. The van der Waals surface area contributed by atoms with E-state index >= 15 is 0 Å². The summed E-state index contributed by atoms with van der Waals surface area (Å²) in [6.45, 7) is 8.25. The monoisotopic (exact) mass is 362 g/mol. The lowest BCUT2D eigenvalue weighted by Gasteiger charge is -2.12. The lowest BCUT2D eigenvalue weighted by molar-refractivity contribution is 0.373. The normalized spacial score (nSPS) is 11.4. The van der Waals surface area contributed by atoms with Crippen LogP contribution in [0.4, 0.5) is 0 Å². The molecule has 1 aromatic carbocycles. The Hall–Kier alpha value is -2.28. The van der Waals surface area contributed by atoms with Gasteiger partial charge in [-0.2, -0.15) is 0 Å². The highest BCUT2D eigenvalue weighted by atomic mass is 32.1. The summed E-state index contributed by atoms with van der Waals surface area (Å²) in [5, 5.41) is 17.3. The maximum atomic E-state index is 9.65. The third-order valence-electron chi connectivity index (χ3n) is 3.67. The second-order valence-corrected chi connectivity index (χ2v) is 6.91. The number of nitrogens with one attached hydrogen (secondary N) is 2. The fourth-order valence-corrected chi connectivity index (χ4v) is 3.28. The van der Waals surface area contributed by atoms with E-state index in [9.17, 15) is 5.11 Å². The van der Waals surface area contributed by atoms with E-state index in [4.69, 9.17) is 4.74 Å². The molecule has 0 aliphatic heterocycles. The van der Waals surface area contributed by atoms with Gasteiger partial charge < -0.3 is 20.5 Å². The van der Waals surface area contributed by atoms with Crippen LogP contribution in [0, 0.1) is 13.8 Å². The number of phenolic OH excluding ortho intramolecular Hbond substituents is 1. The summed E-state index contributed by atoms with van der Waals surface area (Å²) in [5.41, 5.74) is 2.14. The average Bonchev–Trinajstić information content (AvgIpc) is 2.91. The van der Waals surface area contributed by atoms with E-state index < -0.39 is 0 Å². The van der Waals surface area contributed by atoms with Crippen LogP contribution in [0.5, 0.6) is 11.5 Å². The van der Waals surface area contributed by atoms with Crippen LogP contribution < -0.4 is 15.4 Å². The molecule has 1 heterocycles. The Balaban J connectivity index is 1.92. The minimum Gasteiger partial charge on any atom is -0.504 e. The van der Waals surface area contributed by atoms with Crippen LogP contribution in [-0.2, 0) is 13.0 Å². The first-order valence-corrected chi connectivity index (χ1v) is 9.16. The maximum Gasteiger partial charge on any atom is 0.191 e. The number of aryl methyl sites for hydroxylation is 2. The van der Waals surface area contributed by atoms with Gasteiger partial charge in [-0.1, -0.05) is 6.07 Å². The molecule has 136 valence electrons. The predicted octanol–water partition coefficient (Wildman–Crippen LogP) is 2.77. The van der Waals surface area contributed by atoms with Crippen molar-refractivity contribution in [2.24, 2.45) is 4.99 Å². The number of methoxy groups -OCH3 is 1. The number of guanidine groups is 1. The third-order valence-corrected chi connectivity index (χ3v) is 4.73. The maximum absolute atomic E-state index is 9.65. The van der Waals surface area contributed by atoms with E-state index in [0.29, 0.717) is 12.3 Å². The van der Waals surface area contributed by atoms with Crippen molar-refractivity contribution >= 4 is 17.3 Å². The molecule has 0 aliphatic rings. The molecule has 0 atom stereocenters. The summed E-state index contributed by atoms with van der Waals surface area (Å²) in [4.78, 5) is 10.3.